The Balaban J connectivity index is 1.52. The van der Waals surface area contributed by atoms with Crippen LogP contribution < -0.4 is 20.1 Å². The van der Waals surface area contributed by atoms with E-state index in [2.05, 4.69) is 20.8 Å². The number of carbonyl (C=O) groups is 1. The molecule has 1 heterocycles. The first-order chi connectivity index (χ1) is 12.6. The second kappa shape index (κ2) is 8.26. The van der Waals surface area contributed by atoms with Crippen molar-refractivity contribution in [2.75, 3.05) is 17.7 Å². The number of benzene rings is 2. The van der Waals surface area contributed by atoms with Gasteiger partial charge in [0.05, 0.1) is 12.8 Å². The van der Waals surface area contributed by atoms with E-state index >= 15 is 0 Å². The average Bonchev–Trinajstić information content (AvgIpc) is 3.09. The van der Waals surface area contributed by atoms with E-state index in [0.717, 1.165) is 5.75 Å². The van der Waals surface area contributed by atoms with E-state index in [0.29, 0.717) is 10.8 Å². The summed E-state index contributed by atoms with van der Waals surface area (Å²) in [5.41, 5.74) is 0.0811. The Morgan fingerprint density at radius 1 is 1.08 bits per heavy atom. The van der Waals surface area contributed by atoms with Crippen molar-refractivity contribution in [2.45, 2.75) is 6.61 Å². The minimum absolute atomic E-state index is 0.0811. The van der Waals surface area contributed by atoms with Crippen molar-refractivity contribution < 1.29 is 18.7 Å². The first-order valence-corrected chi connectivity index (χ1v) is 8.37. The van der Waals surface area contributed by atoms with Gasteiger partial charge in [0.15, 0.2) is 5.01 Å². The van der Waals surface area contributed by atoms with E-state index in [9.17, 15) is 9.18 Å². The van der Waals surface area contributed by atoms with Gasteiger partial charge >= 0.3 is 6.03 Å². The zero-order valence-electron chi connectivity index (χ0n) is 13.7. The molecule has 0 unspecified atom stereocenters. The highest BCUT2D eigenvalue weighted by atomic mass is 32.1. The molecule has 134 valence electrons. The van der Waals surface area contributed by atoms with Gasteiger partial charge in [-0.25, -0.2) is 9.18 Å². The van der Waals surface area contributed by atoms with E-state index in [1.54, 1.807) is 37.4 Å². The first-order valence-electron chi connectivity index (χ1n) is 7.56. The topological polar surface area (TPSA) is 85.4 Å². The molecule has 0 aliphatic heterocycles. The normalized spacial score (nSPS) is 10.2. The molecule has 1 aromatic heterocycles. The summed E-state index contributed by atoms with van der Waals surface area (Å²) in [4.78, 5) is 11.9. The number of nitrogens with one attached hydrogen (secondary N) is 2. The van der Waals surface area contributed by atoms with Crippen molar-refractivity contribution in [3.8, 4) is 11.5 Å². The Morgan fingerprint density at radius 3 is 2.54 bits per heavy atom. The third-order valence-electron chi connectivity index (χ3n) is 3.23. The van der Waals surface area contributed by atoms with E-state index in [-0.39, 0.29) is 17.4 Å². The molecule has 2 amide bonds. The summed E-state index contributed by atoms with van der Waals surface area (Å²) in [7, 11) is 1.59. The number of halogens is 1. The van der Waals surface area contributed by atoms with Crippen LogP contribution in [0.5, 0.6) is 11.5 Å². The van der Waals surface area contributed by atoms with Crippen LogP contribution in [0.3, 0.4) is 0 Å². The quantitative estimate of drug-likeness (QED) is 0.683. The van der Waals surface area contributed by atoms with Gasteiger partial charge in [-0.05, 0) is 36.4 Å². The van der Waals surface area contributed by atoms with Crippen LogP contribution in [0.15, 0.2) is 48.5 Å². The number of para-hydroxylation sites is 1. The second-order valence-corrected chi connectivity index (χ2v) is 6.09. The Hall–Kier alpha value is -3.20. The lowest BCUT2D eigenvalue weighted by atomic mass is 10.3. The summed E-state index contributed by atoms with van der Waals surface area (Å²) in [6.45, 7) is 0.209. The highest BCUT2D eigenvalue weighted by Gasteiger charge is 2.10. The Labute approximate surface area is 152 Å². The largest absolute Gasteiger partial charge is 0.497 e. The molecule has 0 aliphatic carbocycles. The molecule has 0 bridgehead atoms. The summed E-state index contributed by atoms with van der Waals surface area (Å²) < 4.78 is 24.2. The molecule has 3 rings (SSSR count). The molecule has 0 fully saturated rings. The van der Waals surface area contributed by atoms with Gasteiger partial charge in [0.2, 0.25) is 5.13 Å². The highest BCUT2D eigenvalue weighted by Crippen LogP contribution is 2.21. The number of urea groups is 1. The molecule has 2 N–H and O–H groups in total. The minimum atomic E-state index is -0.603. The van der Waals surface area contributed by atoms with Crippen LogP contribution in [-0.2, 0) is 6.61 Å². The number of rotatable bonds is 6. The number of ether oxygens (including phenoxy) is 2. The van der Waals surface area contributed by atoms with Gasteiger partial charge in [0.25, 0.3) is 0 Å². The minimum Gasteiger partial charge on any atom is -0.497 e. The van der Waals surface area contributed by atoms with Gasteiger partial charge in [0.1, 0.15) is 23.9 Å². The third-order valence-corrected chi connectivity index (χ3v) is 4.04. The van der Waals surface area contributed by atoms with Gasteiger partial charge in [-0.3, -0.25) is 5.32 Å². The number of carbonyl (C=O) groups excluding carboxylic acids is 1. The lowest BCUT2D eigenvalue weighted by Gasteiger charge is -2.05. The highest BCUT2D eigenvalue weighted by molar-refractivity contribution is 7.15. The fourth-order valence-corrected chi connectivity index (χ4v) is 2.64. The van der Waals surface area contributed by atoms with Crippen molar-refractivity contribution >= 4 is 28.2 Å². The predicted molar refractivity (Wildman–Crippen MR) is 96.3 cm³/mol. The summed E-state index contributed by atoms with van der Waals surface area (Å²) in [5, 5.41) is 13.6. The second-order valence-electron chi connectivity index (χ2n) is 5.02. The van der Waals surface area contributed by atoms with E-state index in [1.165, 1.54) is 29.5 Å². The zero-order chi connectivity index (χ0) is 18.4. The molecule has 0 spiro atoms. The predicted octanol–water partition coefficient (Wildman–Crippen LogP) is 3.91. The SMILES string of the molecule is COc1ccc(OCc2nnc(NC(=O)Nc3ccccc3F)s2)cc1. The number of anilines is 2. The first kappa shape index (κ1) is 17.6. The van der Waals surface area contributed by atoms with Gasteiger partial charge < -0.3 is 14.8 Å². The fraction of sp³-hybridized carbons (Fsp3) is 0.118. The van der Waals surface area contributed by atoms with Crippen LogP contribution >= 0.6 is 11.3 Å². The van der Waals surface area contributed by atoms with Crippen LogP contribution in [0.4, 0.5) is 20.0 Å². The number of methoxy groups -OCH3 is 1. The van der Waals surface area contributed by atoms with Gasteiger partial charge in [-0.1, -0.05) is 23.5 Å². The van der Waals surface area contributed by atoms with Crippen LogP contribution in [0.1, 0.15) is 5.01 Å². The van der Waals surface area contributed by atoms with Crippen LogP contribution in [-0.4, -0.2) is 23.3 Å². The molecule has 26 heavy (non-hydrogen) atoms. The molecule has 2 aromatic carbocycles. The van der Waals surface area contributed by atoms with Crippen LogP contribution in [0.2, 0.25) is 0 Å². The molecule has 9 heteroatoms. The number of amides is 2. The third kappa shape index (κ3) is 4.67. The van der Waals surface area contributed by atoms with E-state index in [4.69, 9.17) is 9.47 Å². The van der Waals surface area contributed by atoms with Crippen molar-refractivity contribution in [2.24, 2.45) is 0 Å². The summed E-state index contributed by atoms with van der Waals surface area (Å²) in [5.74, 6) is 0.877. The molecule has 7 nitrogen and oxygen atoms in total. The smallest absolute Gasteiger partial charge is 0.325 e. The molecule has 0 saturated carbocycles. The number of hydrogen-bond donors (Lipinski definition) is 2. The zero-order valence-corrected chi connectivity index (χ0v) is 14.5. The monoisotopic (exact) mass is 374 g/mol. The summed E-state index contributed by atoms with van der Waals surface area (Å²) in [6.07, 6.45) is 0. The molecule has 0 aliphatic rings. The molecule has 0 saturated heterocycles. The van der Waals surface area contributed by atoms with E-state index in [1.807, 2.05) is 0 Å². The lowest BCUT2D eigenvalue weighted by molar-refractivity contribution is 0.262. The maximum Gasteiger partial charge on any atom is 0.325 e. The molecule has 0 atom stereocenters. The van der Waals surface area contributed by atoms with Crippen LogP contribution in [0.25, 0.3) is 0 Å². The van der Waals surface area contributed by atoms with E-state index < -0.39 is 11.8 Å². The summed E-state index contributed by atoms with van der Waals surface area (Å²) >= 11 is 1.17. The fourth-order valence-electron chi connectivity index (χ4n) is 1.99. The lowest BCUT2D eigenvalue weighted by Crippen LogP contribution is -2.19. The number of nitrogens with zero attached hydrogens (tertiary/aromatic N) is 2. The summed E-state index contributed by atoms with van der Waals surface area (Å²) in [6, 6.07) is 12.4. The Morgan fingerprint density at radius 2 is 1.81 bits per heavy atom. The maximum absolute atomic E-state index is 13.5. The number of aromatic nitrogens is 2. The number of hydrogen-bond acceptors (Lipinski definition) is 6. The molecular formula is C17H15FN4O3S. The standard InChI is InChI=1S/C17H15FN4O3S/c1-24-11-6-8-12(9-7-11)25-10-15-21-22-17(26-15)20-16(23)19-14-5-3-2-4-13(14)18/h2-9H,10H2,1H3,(H2,19,20,22,23). The van der Waals surface area contributed by atoms with Crippen molar-refractivity contribution in [1.82, 2.24) is 10.2 Å². The van der Waals surface area contributed by atoms with Gasteiger partial charge in [0, 0.05) is 0 Å². The molecular weight excluding hydrogens is 359 g/mol. The average molecular weight is 374 g/mol. The Bertz CT molecular complexity index is 886. The maximum atomic E-state index is 13.5. The van der Waals surface area contributed by atoms with Crippen molar-refractivity contribution in [3.05, 3.63) is 59.4 Å². The van der Waals surface area contributed by atoms with Gasteiger partial charge in [-0.15, -0.1) is 10.2 Å². The molecule has 3 aromatic rings. The Kier molecular flexibility index (Phi) is 5.59. The molecule has 0 radical (unpaired) electrons. The van der Waals surface area contributed by atoms with Gasteiger partial charge in [-0.2, -0.15) is 0 Å². The van der Waals surface area contributed by atoms with Crippen molar-refractivity contribution in [3.63, 3.8) is 0 Å². The van der Waals surface area contributed by atoms with Crippen molar-refractivity contribution in [1.29, 1.82) is 0 Å². The van der Waals surface area contributed by atoms with Crippen LogP contribution in [0, 0.1) is 5.82 Å².